The van der Waals surface area contributed by atoms with Crippen LogP contribution in [-0.4, -0.2) is 19.0 Å². The minimum absolute atomic E-state index is 0.739. The average Bonchev–Trinajstić information content (AvgIpc) is 2.49. The highest BCUT2D eigenvalue weighted by Crippen LogP contribution is 2.03. The first-order valence-corrected chi connectivity index (χ1v) is 4.51. The Morgan fingerprint density at radius 3 is 3.08 bits per heavy atom. The molecule has 12 heavy (non-hydrogen) atoms. The van der Waals surface area contributed by atoms with Gasteiger partial charge in [0.25, 0.3) is 0 Å². The molecule has 0 saturated heterocycles. The van der Waals surface area contributed by atoms with Gasteiger partial charge in [0, 0.05) is 25.4 Å². The van der Waals surface area contributed by atoms with Gasteiger partial charge in [-0.2, -0.15) is 0 Å². The quantitative estimate of drug-likeness (QED) is 0.570. The fraction of sp³-hybridized carbons (Fsp3) is 0.600. The van der Waals surface area contributed by atoms with Crippen LogP contribution >= 0.6 is 0 Å². The van der Waals surface area contributed by atoms with Gasteiger partial charge in [-0.3, -0.25) is 9.98 Å². The largest absolute Gasteiger partial charge is 0.291 e. The van der Waals surface area contributed by atoms with E-state index in [0.29, 0.717) is 0 Å². The van der Waals surface area contributed by atoms with Crippen LogP contribution in [0.5, 0.6) is 0 Å². The fourth-order valence-corrected chi connectivity index (χ4v) is 0.961. The summed E-state index contributed by atoms with van der Waals surface area (Å²) >= 11 is 0. The summed E-state index contributed by atoms with van der Waals surface area (Å²) < 4.78 is 0. The van der Waals surface area contributed by atoms with Crippen molar-refractivity contribution in [3.8, 4) is 0 Å². The molecule has 0 aromatic carbocycles. The van der Waals surface area contributed by atoms with Gasteiger partial charge >= 0.3 is 0 Å². The second kappa shape index (κ2) is 4.86. The van der Waals surface area contributed by atoms with Crippen LogP contribution in [0.2, 0.25) is 0 Å². The van der Waals surface area contributed by atoms with E-state index in [4.69, 9.17) is 0 Å². The number of allylic oxidation sites excluding steroid dienone is 2. The first-order chi connectivity index (χ1) is 5.79. The Kier molecular flexibility index (Phi) is 3.71. The first-order valence-electron chi connectivity index (χ1n) is 4.51. The highest BCUT2D eigenvalue weighted by Gasteiger charge is 1.94. The van der Waals surface area contributed by atoms with Crippen LogP contribution in [0.4, 0.5) is 0 Å². The Labute approximate surface area is 74.1 Å². The third-order valence-corrected chi connectivity index (χ3v) is 1.73. The molecular formula is C10H16N2. The van der Waals surface area contributed by atoms with Crippen LogP contribution in [0.25, 0.3) is 0 Å². The van der Waals surface area contributed by atoms with Crippen LogP contribution in [0.15, 0.2) is 21.8 Å². The summed E-state index contributed by atoms with van der Waals surface area (Å²) in [4.78, 5) is 8.43. The number of aliphatic imine (C=N–C) groups is 2. The molecule has 1 heterocycles. The topological polar surface area (TPSA) is 24.7 Å². The standard InChI is InChI=1S/C10H16N2/c1-9(2)5-7-11-8-10-4-3-6-12-10/h4,6,8-9H,3,5,7H2,1-2H3. The van der Waals surface area contributed by atoms with E-state index in [1.165, 1.54) is 0 Å². The van der Waals surface area contributed by atoms with Gasteiger partial charge in [-0.15, -0.1) is 0 Å². The van der Waals surface area contributed by atoms with Crippen molar-refractivity contribution in [1.82, 2.24) is 0 Å². The van der Waals surface area contributed by atoms with Crippen molar-refractivity contribution in [2.75, 3.05) is 6.54 Å². The fourth-order valence-electron chi connectivity index (χ4n) is 0.961. The van der Waals surface area contributed by atoms with Crippen molar-refractivity contribution >= 4 is 12.4 Å². The van der Waals surface area contributed by atoms with Crippen LogP contribution in [0, 0.1) is 5.92 Å². The normalized spacial score (nSPS) is 16.4. The average molecular weight is 164 g/mol. The summed E-state index contributed by atoms with van der Waals surface area (Å²) in [6, 6.07) is 0. The summed E-state index contributed by atoms with van der Waals surface area (Å²) in [6.45, 7) is 5.34. The zero-order valence-electron chi connectivity index (χ0n) is 7.83. The number of rotatable bonds is 4. The van der Waals surface area contributed by atoms with E-state index < -0.39 is 0 Å². The van der Waals surface area contributed by atoms with Crippen LogP contribution in [0.3, 0.4) is 0 Å². The van der Waals surface area contributed by atoms with Crippen molar-refractivity contribution in [3.05, 3.63) is 11.8 Å². The third kappa shape index (κ3) is 3.46. The van der Waals surface area contributed by atoms with Crippen molar-refractivity contribution < 1.29 is 0 Å². The first kappa shape index (κ1) is 9.17. The Balaban J connectivity index is 2.17. The van der Waals surface area contributed by atoms with Gasteiger partial charge in [-0.05, 0) is 12.3 Å². The second-order valence-corrected chi connectivity index (χ2v) is 3.39. The molecule has 0 aliphatic carbocycles. The van der Waals surface area contributed by atoms with E-state index in [0.717, 1.165) is 31.0 Å². The molecule has 1 aliphatic heterocycles. The maximum Gasteiger partial charge on any atom is 0.0767 e. The molecule has 66 valence electrons. The van der Waals surface area contributed by atoms with Crippen LogP contribution < -0.4 is 0 Å². The zero-order valence-corrected chi connectivity index (χ0v) is 7.83. The molecule has 0 amide bonds. The van der Waals surface area contributed by atoms with Crippen molar-refractivity contribution in [3.63, 3.8) is 0 Å². The summed E-state index contributed by atoms with van der Waals surface area (Å²) in [7, 11) is 0. The number of hydrogen-bond acceptors (Lipinski definition) is 2. The van der Waals surface area contributed by atoms with Gasteiger partial charge in [-0.25, -0.2) is 0 Å². The van der Waals surface area contributed by atoms with E-state index in [-0.39, 0.29) is 0 Å². The summed E-state index contributed by atoms with van der Waals surface area (Å²) in [5.41, 5.74) is 1.01. The molecule has 2 nitrogen and oxygen atoms in total. The zero-order chi connectivity index (χ0) is 8.81. The lowest BCUT2D eigenvalue weighted by atomic mass is 10.1. The number of hydrogen-bond donors (Lipinski definition) is 0. The Morgan fingerprint density at radius 1 is 1.67 bits per heavy atom. The Hall–Kier alpha value is -0.920. The van der Waals surface area contributed by atoms with Gasteiger partial charge < -0.3 is 0 Å². The molecule has 0 saturated carbocycles. The molecule has 1 rings (SSSR count). The minimum atomic E-state index is 0.739. The predicted octanol–water partition coefficient (Wildman–Crippen LogP) is 2.46. The SMILES string of the molecule is CC(C)CCN=CC1=CCC=N1. The molecule has 0 fully saturated rings. The molecule has 0 aromatic rings. The van der Waals surface area contributed by atoms with Gasteiger partial charge in [0.05, 0.1) is 5.70 Å². The molecule has 1 aliphatic rings. The van der Waals surface area contributed by atoms with Crippen LogP contribution in [0.1, 0.15) is 26.7 Å². The Bertz CT molecular complexity index is 212. The molecule has 0 N–H and O–H groups in total. The lowest BCUT2D eigenvalue weighted by Crippen LogP contribution is -1.90. The van der Waals surface area contributed by atoms with E-state index in [9.17, 15) is 0 Å². The number of nitrogens with zero attached hydrogens (tertiary/aromatic N) is 2. The van der Waals surface area contributed by atoms with Gasteiger partial charge in [0.2, 0.25) is 0 Å². The second-order valence-electron chi connectivity index (χ2n) is 3.39. The van der Waals surface area contributed by atoms with Crippen molar-refractivity contribution in [1.29, 1.82) is 0 Å². The monoisotopic (exact) mass is 164 g/mol. The summed E-state index contributed by atoms with van der Waals surface area (Å²) in [6.07, 6.45) is 7.98. The van der Waals surface area contributed by atoms with Gasteiger partial charge in [0.1, 0.15) is 0 Å². The maximum atomic E-state index is 4.29. The van der Waals surface area contributed by atoms with Crippen molar-refractivity contribution in [2.45, 2.75) is 26.7 Å². The summed E-state index contributed by atoms with van der Waals surface area (Å²) in [5.74, 6) is 0.739. The molecule has 0 aromatic heterocycles. The lowest BCUT2D eigenvalue weighted by molar-refractivity contribution is 0.597. The third-order valence-electron chi connectivity index (χ3n) is 1.73. The molecule has 0 radical (unpaired) electrons. The molecule has 0 bridgehead atoms. The Morgan fingerprint density at radius 2 is 2.50 bits per heavy atom. The highest BCUT2D eigenvalue weighted by molar-refractivity contribution is 5.84. The molecular weight excluding hydrogens is 148 g/mol. The molecule has 0 spiro atoms. The van der Waals surface area contributed by atoms with E-state index in [1.807, 2.05) is 12.4 Å². The minimum Gasteiger partial charge on any atom is -0.291 e. The summed E-state index contributed by atoms with van der Waals surface area (Å²) in [5, 5.41) is 0. The van der Waals surface area contributed by atoms with E-state index >= 15 is 0 Å². The van der Waals surface area contributed by atoms with Crippen LogP contribution in [-0.2, 0) is 0 Å². The highest BCUT2D eigenvalue weighted by atomic mass is 14.8. The van der Waals surface area contributed by atoms with Gasteiger partial charge in [0.15, 0.2) is 0 Å². The molecule has 0 unspecified atom stereocenters. The smallest absolute Gasteiger partial charge is 0.0767 e. The maximum absolute atomic E-state index is 4.29. The van der Waals surface area contributed by atoms with Gasteiger partial charge in [-0.1, -0.05) is 19.9 Å². The molecule has 2 heteroatoms. The lowest BCUT2D eigenvalue weighted by Gasteiger charge is -1.98. The van der Waals surface area contributed by atoms with E-state index in [2.05, 4.69) is 29.9 Å². The van der Waals surface area contributed by atoms with Crippen molar-refractivity contribution in [2.24, 2.45) is 15.9 Å². The molecule has 0 atom stereocenters. The van der Waals surface area contributed by atoms with E-state index in [1.54, 1.807) is 0 Å². The predicted molar refractivity (Wildman–Crippen MR) is 54.0 cm³/mol.